The van der Waals surface area contributed by atoms with Crippen molar-refractivity contribution in [2.45, 2.75) is 44.6 Å². The zero-order valence-corrected chi connectivity index (χ0v) is 17.0. The molecule has 2 heterocycles. The predicted molar refractivity (Wildman–Crippen MR) is 104 cm³/mol. The highest BCUT2D eigenvalue weighted by Crippen LogP contribution is 2.33. The van der Waals surface area contributed by atoms with Gasteiger partial charge in [-0.3, -0.25) is 4.79 Å². The van der Waals surface area contributed by atoms with Crippen LogP contribution in [0.5, 0.6) is 0 Å². The lowest BCUT2D eigenvalue weighted by Crippen LogP contribution is -2.50. The average Bonchev–Trinajstić information content (AvgIpc) is 3.04. The van der Waals surface area contributed by atoms with Crippen LogP contribution in [-0.4, -0.2) is 24.1 Å². The zero-order chi connectivity index (χ0) is 17.9. The van der Waals surface area contributed by atoms with Gasteiger partial charge in [-0.1, -0.05) is 41.9 Å². The number of thiazole rings is 1. The Bertz CT molecular complexity index is 739. The van der Waals surface area contributed by atoms with Crippen LogP contribution in [0.15, 0.2) is 34.1 Å². The number of carbonyl (C=O) groups excluding carboxylic acids is 1. The second kappa shape index (κ2) is 7.98. The highest BCUT2D eigenvalue weighted by molar-refractivity contribution is 9.10. The molecule has 4 nitrogen and oxygen atoms in total. The quantitative estimate of drug-likeness (QED) is 0.776. The molecular weight excluding hydrogens is 400 g/mol. The lowest BCUT2D eigenvalue weighted by molar-refractivity contribution is -0.123. The number of halogens is 1. The first-order valence-electron chi connectivity index (χ1n) is 8.58. The SMILES string of the molecule is CC(C)c1nc(CC(=O)NC2(c3cccc(Br)c3)CCOCC2)cs1. The molecule has 1 amide bonds. The minimum atomic E-state index is -0.365. The minimum Gasteiger partial charge on any atom is -0.381 e. The van der Waals surface area contributed by atoms with Crippen molar-refractivity contribution in [1.82, 2.24) is 10.3 Å². The van der Waals surface area contributed by atoms with Crippen LogP contribution in [0.3, 0.4) is 0 Å². The summed E-state index contributed by atoms with van der Waals surface area (Å²) < 4.78 is 6.55. The molecule has 0 bridgehead atoms. The Kier molecular flexibility index (Phi) is 5.92. The van der Waals surface area contributed by atoms with E-state index in [0.717, 1.165) is 33.6 Å². The molecule has 6 heteroatoms. The second-order valence-electron chi connectivity index (χ2n) is 6.76. The molecule has 1 aromatic heterocycles. The van der Waals surface area contributed by atoms with Crippen LogP contribution in [-0.2, 0) is 21.5 Å². The largest absolute Gasteiger partial charge is 0.381 e. The fraction of sp³-hybridized carbons (Fsp3) is 0.474. The summed E-state index contributed by atoms with van der Waals surface area (Å²) in [4.78, 5) is 17.3. The van der Waals surface area contributed by atoms with E-state index in [9.17, 15) is 4.79 Å². The third-order valence-electron chi connectivity index (χ3n) is 4.51. The van der Waals surface area contributed by atoms with E-state index < -0.39 is 0 Å². The van der Waals surface area contributed by atoms with Crippen LogP contribution in [0, 0.1) is 0 Å². The molecule has 1 saturated heterocycles. The maximum Gasteiger partial charge on any atom is 0.226 e. The molecule has 0 atom stereocenters. The van der Waals surface area contributed by atoms with Gasteiger partial charge in [0, 0.05) is 29.0 Å². The molecule has 1 aromatic carbocycles. The molecule has 1 N–H and O–H groups in total. The Morgan fingerprint density at radius 3 is 2.80 bits per heavy atom. The van der Waals surface area contributed by atoms with Crippen molar-refractivity contribution in [2.24, 2.45) is 0 Å². The average molecular weight is 423 g/mol. The third kappa shape index (κ3) is 4.49. The van der Waals surface area contributed by atoms with Crippen molar-refractivity contribution in [3.05, 3.63) is 50.4 Å². The number of hydrogen-bond acceptors (Lipinski definition) is 4. The number of aromatic nitrogens is 1. The van der Waals surface area contributed by atoms with Gasteiger partial charge < -0.3 is 10.1 Å². The van der Waals surface area contributed by atoms with E-state index in [0.29, 0.717) is 25.6 Å². The molecule has 134 valence electrons. The zero-order valence-electron chi connectivity index (χ0n) is 14.5. The maximum absolute atomic E-state index is 12.7. The van der Waals surface area contributed by atoms with Gasteiger partial charge in [0.15, 0.2) is 0 Å². The Morgan fingerprint density at radius 2 is 2.16 bits per heavy atom. The summed E-state index contributed by atoms with van der Waals surface area (Å²) in [7, 11) is 0. The van der Waals surface area contributed by atoms with E-state index >= 15 is 0 Å². The lowest BCUT2D eigenvalue weighted by atomic mass is 9.82. The van der Waals surface area contributed by atoms with E-state index in [1.54, 1.807) is 11.3 Å². The summed E-state index contributed by atoms with van der Waals surface area (Å²) in [6.45, 7) is 5.54. The van der Waals surface area contributed by atoms with Crippen molar-refractivity contribution < 1.29 is 9.53 Å². The smallest absolute Gasteiger partial charge is 0.226 e. The second-order valence-corrected chi connectivity index (χ2v) is 8.57. The molecule has 2 aromatic rings. The fourth-order valence-corrected chi connectivity index (χ4v) is 4.37. The summed E-state index contributed by atoms with van der Waals surface area (Å²) in [5.41, 5.74) is 1.61. The summed E-state index contributed by atoms with van der Waals surface area (Å²) in [5.74, 6) is 0.410. The predicted octanol–water partition coefficient (Wildman–Crippen LogP) is 4.39. The van der Waals surface area contributed by atoms with Crippen LogP contribution >= 0.6 is 27.3 Å². The molecule has 0 unspecified atom stereocenters. The first kappa shape index (κ1) is 18.5. The number of ether oxygens (including phenoxy) is 1. The number of nitrogens with one attached hydrogen (secondary N) is 1. The van der Waals surface area contributed by atoms with Gasteiger partial charge in [-0.2, -0.15) is 0 Å². The number of benzene rings is 1. The van der Waals surface area contributed by atoms with E-state index in [1.165, 1.54) is 0 Å². The van der Waals surface area contributed by atoms with Crippen LogP contribution in [0.2, 0.25) is 0 Å². The van der Waals surface area contributed by atoms with Crippen molar-refractivity contribution in [3.63, 3.8) is 0 Å². The van der Waals surface area contributed by atoms with E-state index in [-0.39, 0.29) is 11.4 Å². The molecule has 0 spiro atoms. The highest BCUT2D eigenvalue weighted by atomic mass is 79.9. The highest BCUT2D eigenvalue weighted by Gasteiger charge is 2.36. The molecule has 1 aliphatic heterocycles. The van der Waals surface area contributed by atoms with Gasteiger partial charge in [-0.05, 0) is 30.5 Å². The molecule has 0 saturated carbocycles. The van der Waals surface area contributed by atoms with E-state index in [1.807, 2.05) is 17.5 Å². The van der Waals surface area contributed by atoms with Gasteiger partial charge in [0.2, 0.25) is 5.91 Å². The summed E-state index contributed by atoms with van der Waals surface area (Å²) in [5, 5.41) is 6.36. The number of rotatable bonds is 5. The van der Waals surface area contributed by atoms with Crippen molar-refractivity contribution in [2.75, 3.05) is 13.2 Å². The molecule has 1 fully saturated rings. The molecule has 3 rings (SSSR count). The maximum atomic E-state index is 12.7. The van der Waals surface area contributed by atoms with Gasteiger partial charge >= 0.3 is 0 Å². The number of amides is 1. The molecule has 0 aliphatic carbocycles. The number of hydrogen-bond donors (Lipinski definition) is 1. The Labute approximate surface area is 161 Å². The Morgan fingerprint density at radius 1 is 1.40 bits per heavy atom. The molecule has 1 aliphatic rings. The lowest BCUT2D eigenvalue weighted by Gasteiger charge is -2.38. The molecule has 0 radical (unpaired) electrons. The fourth-order valence-electron chi connectivity index (χ4n) is 3.14. The Balaban J connectivity index is 1.76. The van der Waals surface area contributed by atoms with Gasteiger partial charge in [0.1, 0.15) is 0 Å². The normalized spacial score (nSPS) is 16.8. The van der Waals surface area contributed by atoms with Gasteiger partial charge in [0.05, 0.1) is 22.7 Å². The summed E-state index contributed by atoms with van der Waals surface area (Å²) in [6.07, 6.45) is 1.88. The van der Waals surface area contributed by atoms with Crippen molar-refractivity contribution >= 4 is 33.2 Å². The van der Waals surface area contributed by atoms with Crippen LogP contribution < -0.4 is 5.32 Å². The van der Waals surface area contributed by atoms with E-state index in [2.05, 4.69) is 52.2 Å². The Hall–Kier alpha value is -1.24. The summed E-state index contributed by atoms with van der Waals surface area (Å²) in [6, 6.07) is 8.18. The van der Waals surface area contributed by atoms with Crippen molar-refractivity contribution in [3.8, 4) is 0 Å². The topological polar surface area (TPSA) is 51.2 Å². The van der Waals surface area contributed by atoms with Gasteiger partial charge in [-0.25, -0.2) is 4.98 Å². The standard InChI is InChI=1S/C19H23BrN2O2S/c1-13(2)18-21-16(12-25-18)11-17(23)22-19(6-8-24-9-7-19)14-4-3-5-15(20)10-14/h3-5,10,12-13H,6-9,11H2,1-2H3,(H,22,23). The van der Waals surface area contributed by atoms with Crippen LogP contribution in [0.1, 0.15) is 48.9 Å². The first-order chi connectivity index (χ1) is 12.0. The van der Waals surface area contributed by atoms with Gasteiger partial charge in [-0.15, -0.1) is 11.3 Å². The van der Waals surface area contributed by atoms with E-state index in [4.69, 9.17) is 4.74 Å². The minimum absolute atomic E-state index is 0.0162. The first-order valence-corrected chi connectivity index (χ1v) is 10.2. The third-order valence-corrected chi connectivity index (χ3v) is 6.19. The summed E-state index contributed by atoms with van der Waals surface area (Å²) >= 11 is 5.16. The monoisotopic (exact) mass is 422 g/mol. The molecule has 25 heavy (non-hydrogen) atoms. The van der Waals surface area contributed by atoms with Crippen LogP contribution in [0.25, 0.3) is 0 Å². The van der Waals surface area contributed by atoms with Crippen LogP contribution in [0.4, 0.5) is 0 Å². The molecular formula is C19H23BrN2O2S. The number of nitrogens with zero attached hydrogens (tertiary/aromatic N) is 1. The van der Waals surface area contributed by atoms with Crippen molar-refractivity contribution in [1.29, 1.82) is 0 Å². The number of carbonyl (C=O) groups is 1. The van der Waals surface area contributed by atoms with Gasteiger partial charge in [0.25, 0.3) is 0 Å².